The molecule has 3 rings (SSSR count). The van der Waals surface area contributed by atoms with Crippen LogP contribution in [0.15, 0.2) is 24.3 Å². The lowest BCUT2D eigenvalue weighted by Gasteiger charge is -2.34. The topological polar surface area (TPSA) is 52.7 Å². The van der Waals surface area contributed by atoms with Crippen molar-refractivity contribution in [3.63, 3.8) is 0 Å². The zero-order valence-electron chi connectivity index (χ0n) is 15.0. The molecule has 1 fully saturated rings. The summed E-state index contributed by atoms with van der Waals surface area (Å²) in [6.45, 7) is 5.88. The van der Waals surface area contributed by atoms with Crippen molar-refractivity contribution in [1.82, 2.24) is 15.1 Å². The quantitative estimate of drug-likeness (QED) is 0.766. The number of halogens is 1. The third kappa shape index (κ3) is 4.37. The molecule has 7 heteroatoms. The minimum atomic E-state index is -0.0109. The fraction of sp³-hybridized carbons (Fsp3) is 0.474. The van der Waals surface area contributed by atoms with Crippen LogP contribution in [0.3, 0.4) is 0 Å². The van der Waals surface area contributed by atoms with Gasteiger partial charge in [0.1, 0.15) is 4.88 Å². The van der Waals surface area contributed by atoms with Gasteiger partial charge >= 0.3 is 0 Å². The highest BCUT2D eigenvalue weighted by atomic mass is 35.5. The van der Waals surface area contributed by atoms with Gasteiger partial charge in [-0.25, -0.2) is 0 Å². The molecular weight excluding hydrogens is 370 g/mol. The molecule has 5 nitrogen and oxygen atoms in total. The van der Waals surface area contributed by atoms with Gasteiger partial charge in [-0.3, -0.25) is 14.5 Å². The fourth-order valence-corrected chi connectivity index (χ4v) is 4.55. The Morgan fingerprint density at radius 3 is 2.62 bits per heavy atom. The predicted octanol–water partition coefficient (Wildman–Crippen LogP) is 3.23. The van der Waals surface area contributed by atoms with E-state index in [2.05, 4.69) is 17.1 Å². The van der Waals surface area contributed by atoms with Gasteiger partial charge < -0.3 is 10.2 Å². The van der Waals surface area contributed by atoms with Crippen molar-refractivity contribution in [2.75, 3.05) is 39.3 Å². The van der Waals surface area contributed by atoms with Crippen molar-refractivity contribution in [3.8, 4) is 0 Å². The predicted molar refractivity (Wildman–Crippen MR) is 107 cm³/mol. The molecule has 1 saturated heterocycles. The van der Waals surface area contributed by atoms with Crippen LogP contribution in [0.25, 0.3) is 10.1 Å². The van der Waals surface area contributed by atoms with Gasteiger partial charge in [-0.1, -0.05) is 43.1 Å². The molecular formula is C19H24ClN3O2S. The lowest BCUT2D eigenvalue weighted by atomic mass is 10.2. The SMILES string of the molecule is CCCCNC(=O)CN1CCN(C(=O)c2sc3ccccc3c2Cl)CC1. The number of benzene rings is 1. The summed E-state index contributed by atoms with van der Waals surface area (Å²) >= 11 is 7.88. The standard InChI is InChI=1S/C19H24ClN3O2S/c1-2-3-8-21-16(24)13-22-9-11-23(12-10-22)19(25)18-17(20)14-6-4-5-7-15(14)26-18/h4-7H,2-3,8-13H2,1H3,(H,21,24). The van der Waals surface area contributed by atoms with E-state index in [0.717, 1.165) is 29.5 Å². The third-order valence-corrected chi connectivity index (χ3v) is 6.27. The summed E-state index contributed by atoms with van der Waals surface area (Å²) in [5.41, 5.74) is 0. The zero-order chi connectivity index (χ0) is 18.5. The molecule has 1 N–H and O–H groups in total. The van der Waals surface area contributed by atoms with Crippen molar-refractivity contribution in [3.05, 3.63) is 34.2 Å². The van der Waals surface area contributed by atoms with Crippen LogP contribution in [-0.2, 0) is 4.79 Å². The molecule has 0 unspecified atom stereocenters. The summed E-state index contributed by atoms with van der Waals surface area (Å²) < 4.78 is 1.03. The Labute approximate surface area is 162 Å². The van der Waals surface area contributed by atoms with Gasteiger partial charge in [-0.15, -0.1) is 11.3 Å². The number of nitrogens with one attached hydrogen (secondary N) is 1. The molecule has 0 radical (unpaired) electrons. The molecule has 0 bridgehead atoms. The lowest BCUT2D eigenvalue weighted by molar-refractivity contribution is -0.122. The molecule has 0 atom stereocenters. The van der Waals surface area contributed by atoms with Crippen molar-refractivity contribution >= 4 is 44.8 Å². The number of hydrogen-bond acceptors (Lipinski definition) is 4. The van der Waals surface area contributed by atoms with Crippen LogP contribution in [0.5, 0.6) is 0 Å². The molecule has 140 valence electrons. The van der Waals surface area contributed by atoms with E-state index in [4.69, 9.17) is 11.6 Å². The molecule has 26 heavy (non-hydrogen) atoms. The van der Waals surface area contributed by atoms with Crippen molar-refractivity contribution < 1.29 is 9.59 Å². The molecule has 0 saturated carbocycles. The maximum atomic E-state index is 12.8. The van der Waals surface area contributed by atoms with Gasteiger partial charge in [-0.2, -0.15) is 0 Å². The molecule has 1 aliphatic heterocycles. The number of carbonyl (C=O) groups is 2. The first-order chi connectivity index (χ1) is 12.6. The van der Waals surface area contributed by atoms with Crippen LogP contribution in [0, 0.1) is 0 Å². The number of unbranched alkanes of at least 4 members (excludes halogenated alkanes) is 1. The van der Waals surface area contributed by atoms with E-state index in [1.165, 1.54) is 11.3 Å². The summed E-state index contributed by atoms with van der Waals surface area (Å²) in [6.07, 6.45) is 2.07. The molecule has 0 aliphatic carbocycles. The van der Waals surface area contributed by atoms with Crippen molar-refractivity contribution in [2.45, 2.75) is 19.8 Å². The second-order valence-corrected chi connectivity index (χ2v) is 7.94. The van der Waals surface area contributed by atoms with E-state index in [1.54, 1.807) is 0 Å². The van der Waals surface area contributed by atoms with Gasteiger partial charge in [0, 0.05) is 42.8 Å². The maximum Gasteiger partial charge on any atom is 0.265 e. The molecule has 0 spiro atoms. The summed E-state index contributed by atoms with van der Waals surface area (Å²) in [4.78, 5) is 29.3. The molecule has 2 aromatic rings. The van der Waals surface area contributed by atoms with Gasteiger partial charge in [0.25, 0.3) is 5.91 Å². The first-order valence-electron chi connectivity index (χ1n) is 9.05. The summed E-state index contributed by atoms with van der Waals surface area (Å²) in [5.74, 6) is 0.0500. The average molecular weight is 394 g/mol. The van der Waals surface area contributed by atoms with Crippen LogP contribution in [-0.4, -0.2) is 60.9 Å². The highest BCUT2D eigenvalue weighted by molar-refractivity contribution is 7.21. The van der Waals surface area contributed by atoms with E-state index < -0.39 is 0 Å². The molecule has 1 aromatic heterocycles. The number of fused-ring (bicyclic) bond motifs is 1. The minimum Gasteiger partial charge on any atom is -0.355 e. The number of rotatable bonds is 6. The van der Waals surface area contributed by atoms with Gasteiger partial charge in [0.2, 0.25) is 5.91 Å². The van der Waals surface area contributed by atoms with Crippen LogP contribution >= 0.6 is 22.9 Å². The minimum absolute atomic E-state index is 0.0109. The Morgan fingerprint density at radius 1 is 1.19 bits per heavy atom. The van der Waals surface area contributed by atoms with Gasteiger partial charge in [-0.05, 0) is 12.5 Å². The first kappa shape index (κ1) is 19.1. The molecule has 1 aliphatic rings. The van der Waals surface area contributed by atoms with E-state index >= 15 is 0 Å². The van der Waals surface area contributed by atoms with Crippen LogP contribution in [0.1, 0.15) is 29.4 Å². The highest BCUT2D eigenvalue weighted by Crippen LogP contribution is 2.35. The lowest BCUT2D eigenvalue weighted by Crippen LogP contribution is -2.51. The Kier molecular flexibility index (Phi) is 6.51. The zero-order valence-corrected chi connectivity index (χ0v) is 16.5. The number of piperazine rings is 1. The van der Waals surface area contributed by atoms with Crippen LogP contribution < -0.4 is 5.32 Å². The smallest absolute Gasteiger partial charge is 0.265 e. The van der Waals surface area contributed by atoms with E-state index in [9.17, 15) is 9.59 Å². The molecule has 1 aromatic carbocycles. The Balaban J connectivity index is 1.55. The largest absolute Gasteiger partial charge is 0.355 e. The fourth-order valence-electron chi connectivity index (χ4n) is 3.07. The van der Waals surface area contributed by atoms with Crippen LogP contribution in [0.4, 0.5) is 0 Å². The maximum absolute atomic E-state index is 12.8. The number of thiophene rings is 1. The Morgan fingerprint density at radius 2 is 1.92 bits per heavy atom. The monoisotopic (exact) mass is 393 g/mol. The normalized spacial score (nSPS) is 15.4. The first-order valence-corrected chi connectivity index (χ1v) is 10.2. The van der Waals surface area contributed by atoms with Gasteiger partial charge in [0.05, 0.1) is 11.6 Å². The summed E-state index contributed by atoms with van der Waals surface area (Å²) in [6, 6.07) is 7.81. The summed E-state index contributed by atoms with van der Waals surface area (Å²) in [5, 5.41) is 4.42. The second-order valence-electron chi connectivity index (χ2n) is 6.51. The van der Waals surface area contributed by atoms with E-state index in [1.807, 2.05) is 29.2 Å². The Hall–Kier alpha value is -1.63. The van der Waals surface area contributed by atoms with Crippen molar-refractivity contribution in [1.29, 1.82) is 0 Å². The number of carbonyl (C=O) groups excluding carboxylic acids is 2. The molecule has 2 amide bonds. The molecule has 2 heterocycles. The van der Waals surface area contributed by atoms with Gasteiger partial charge in [0.15, 0.2) is 0 Å². The second kappa shape index (κ2) is 8.84. The van der Waals surface area contributed by atoms with Crippen LogP contribution in [0.2, 0.25) is 5.02 Å². The Bertz CT molecular complexity index is 784. The van der Waals surface area contributed by atoms with Crippen molar-refractivity contribution in [2.24, 2.45) is 0 Å². The number of nitrogens with zero attached hydrogens (tertiary/aromatic N) is 2. The summed E-state index contributed by atoms with van der Waals surface area (Å²) in [7, 11) is 0. The third-order valence-electron chi connectivity index (χ3n) is 4.61. The van der Waals surface area contributed by atoms with E-state index in [0.29, 0.717) is 42.6 Å². The van der Waals surface area contributed by atoms with E-state index in [-0.39, 0.29) is 11.8 Å². The average Bonchev–Trinajstić information content (AvgIpc) is 2.99. The highest BCUT2D eigenvalue weighted by Gasteiger charge is 2.26. The number of amides is 2. The number of hydrogen-bond donors (Lipinski definition) is 1.